The van der Waals surface area contributed by atoms with Crippen LogP contribution in [-0.2, 0) is 4.79 Å². The molecule has 1 amide bonds. The van der Waals surface area contributed by atoms with Gasteiger partial charge in [-0.2, -0.15) is 13.2 Å². The van der Waals surface area contributed by atoms with Gasteiger partial charge in [-0.25, -0.2) is 0 Å². The second-order valence-electron chi connectivity index (χ2n) is 4.46. The molecule has 0 heterocycles. The van der Waals surface area contributed by atoms with E-state index in [0.29, 0.717) is 11.4 Å². The van der Waals surface area contributed by atoms with Crippen LogP contribution in [0.15, 0.2) is 24.3 Å². The summed E-state index contributed by atoms with van der Waals surface area (Å²) in [6.45, 7) is 0.366. The van der Waals surface area contributed by atoms with Gasteiger partial charge in [0.05, 0.1) is 13.1 Å². The molecule has 112 valence electrons. The van der Waals surface area contributed by atoms with Crippen LogP contribution in [0.1, 0.15) is 6.92 Å². The van der Waals surface area contributed by atoms with Crippen LogP contribution in [0.5, 0.6) is 0 Å². The quantitative estimate of drug-likeness (QED) is 0.845. The number of carbonyl (C=O) groups excluding carboxylic acids is 1. The van der Waals surface area contributed by atoms with Crippen molar-refractivity contribution < 1.29 is 18.0 Å². The van der Waals surface area contributed by atoms with Crippen molar-refractivity contribution in [3.8, 4) is 0 Å². The highest BCUT2D eigenvalue weighted by Crippen LogP contribution is 2.18. The molecule has 0 atom stereocenters. The number of likely N-dealkylation sites (N-methyl/N-ethyl adjacent to an activating group) is 2. The van der Waals surface area contributed by atoms with Gasteiger partial charge in [-0.1, -0.05) is 6.92 Å². The SMILES string of the molecule is CCN(CC(=O)N(C)c1ccc(N)cc1)CC(F)(F)F. The van der Waals surface area contributed by atoms with Crippen molar-refractivity contribution in [2.24, 2.45) is 0 Å². The predicted octanol–water partition coefficient (Wildman–Crippen LogP) is 2.12. The molecule has 0 aliphatic rings. The van der Waals surface area contributed by atoms with E-state index in [1.165, 1.54) is 11.9 Å². The molecule has 0 aliphatic heterocycles. The van der Waals surface area contributed by atoms with Crippen LogP contribution in [0, 0.1) is 0 Å². The third kappa shape index (κ3) is 5.08. The van der Waals surface area contributed by atoms with Crippen molar-refractivity contribution in [1.82, 2.24) is 4.90 Å². The van der Waals surface area contributed by atoms with E-state index in [9.17, 15) is 18.0 Å². The largest absolute Gasteiger partial charge is 0.401 e. The molecule has 1 rings (SSSR count). The van der Waals surface area contributed by atoms with Crippen LogP contribution in [0.25, 0.3) is 0 Å². The van der Waals surface area contributed by atoms with Crippen LogP contribution in [0.2, 0.25) is 0 Å². The van der Waals surface area contributed by atoms with Crippen LogP contribution in [0.4, 0.5) is 24.5 Å². The Morgan fingerprint density at radius 1 is 1.25 bits per heavy atom. The summed E-state index contributed by atoms with van der Waals surface area (Å²) in [5, 5.41) is 0. The number of hydrogen-bond donors (Lipinski definition) is 1. The monoisotopic (exact) mass is 289 g/mol. The Morgan fingerprint density at radius 2 is 1.80 bits per heavy atom. The summed E-state index contributed by atoms with van der Waals surface area (Å²) in [7, 11) is 1.52. The average molecular weight is 289 g/mol. The zero-order valence-electron chi connectivity index (χ0n) is 11.4. The number of alkyl halides is 3. The van der Waals surface area contributed by atoms with Crippen LogP contribution in [0.3, 0.4) is 0 Å². The maximum Gasteiger partial charge on any atom is 0.401 e. The Morgan fingerprint density at radius 3 is 2.25 bits per heavy atom. The predicted molar refractivity (Wildman–Crippen MR) is 72.4 cm³/mol. The van der Waals surface area contributed by atoms with Gasteiger partial charge in [0.1, 0.15) is 0 Å². The number of nitrogens with two attached hydrogens (primary N) is 1. The van der Waals surface area contributed by atoms with Gasteiger partial charge >= 0.3 is 6.18 Å². The van der Waals surface area contributed by atoms with Crippen molar-refractivity contribution in [2.45, 2.75) is 13.1 Å². The van der Waals surface area contributed by atoms with E-state index >= 15 is 0 Å². The standard InChI is InChI=1S/C13H18F3N3O/c1-3-19(9-13(14,15)16)8-12(20)18(2)11-6-4-10(17)5-7-11/h4-7H,3,8-9,17H2,1-2H3. The molecule has 0 fully saturated rings. The highest BCUT2D eigenvalue weighted by atomic mass is 19.4. The van der Waals surface area contributed by atoms with Gasteiger partial charge in [-0.15, -0.1) is 0 Å². The molecule has 0 radical (unpaired) electrons. The summed E-state index contributed by atoms with van der Waals surface area (Å²) in [6, 6.07) is 6.55. The molecule has 1 aromatic rings. The number of carbonyl (C=O) groups is 1. The third-order valence-electron chi connectivity index (χ3n) is 2.86. The van der Waals surface area contributed by atoms with Gasteiger partial charge in [0.2, 0.25) is 5.91 Å². The van der Waals surface area contributed by atoms with Crippen molar-refractivity contribution in [1.29, 1.82) is 0 Å². The summed E-state index contributed by atoms with van der Waals surface area (Å²) < 4.78 is 37.0. The summed E-state index contributed by atoms with van der Waals surface area (Å²) in [4.78, 5) is 14.3. The fraction of sp³-hybridized carbons (Fsp3) is 0.462. The van der Waals surface area contributed by atoms with E-state index < -0.39 is 18.6 Å². The molecular formula is C13H18F3N3O. The molecule has 0 spiro atoms. The minimum absolute atomic E-state index is 0.154. The molecule has 0 unspecified atom stereocenters. The molecular weight excluding hydrogens is 271 g/mol. The highest BCUT2D eigenvalue weighted by molar-refractivity contribution is 5.94. The number of nitrogens with zero attached hydrogens (tertiary/aromatic N) is 2. The molecule has 0 aromatic heterocycles. The number of nitrogen functional groups attached to an aromatic ring is 1. The number of halogens is 3. The first-order chi connectivity index (χ1) is 9.23. The number of anilines is 2. The van der Waals surface area contributed by atoms with Crippen molar-refractivity contribution in [3.05, 3.63) is 24.3 Å². The fourth-order valence-corrected chi connectivity index (χ4v) is 1.67. The summed E-state index contributed by atoms with van der Waals surface area (Å²) >= 11 is 0. The maximum absolute atomic E-state index is 12.3. The second kappa shape index (κ2) is 6.60. The normalized spacial score (nSPS) is 11.7. The van der Waals surface area contributed by atoms with Gasteiger partial charge in [-0.05, 0) is 30.8 Å². The van der Waals surface area contributed by atoms with E-state index in [1.807, 2.05) is 0 Å². The molecule has 1 aromatic carbocycles. The minimum Gasteiger partial charge on any atom is -0.399 e. The van der Waals surface area contributed by atoms with Crippen LogP contribution in [-0.4, -0.2) is 43.7 Å². The van der Waals surface area contributed by atoms with Gasteiger partial charge in [0, 0.05) is 18.4 Å². The Hall–Kier alpha value is -1.76. The Kier molecular flexibility index (Phi) is 5.38. The summed E-state index contributed by atoms with van der Waals surface area (Å²) in [5.41, 5.74) is 6.69. The molecule has 0 aliphatic carbocycles. The van der Waals surface area contributed by atoms with Gasteiger partial charge < -0.3 is 10.6 Å². The lowest BCUT2D eigenvalue weighted by Gasteiger charge is -2.24. The number of hydrogen-bond acceptors (Lipinski definition) is 3. The molecule has 0 saturated carbocycles. The maximum atomic E-state index is 12.3. The smallest absolute Gasteiger partial charge is 0.399 e. The lowest BCUT2D eigenvalue weighted by Crippen LogP contribution is -2.42. The average Bonchev–Trinajstić information content (AvgIpc) is 2.36. The molecule has 4 nitrogen and oxygen atoms in total. The molecule has 0 saturated heterocycles. The molecule has 0 bridgehead atoms. The van der Waals surface area contributed by atoms with Gasteiger partial charge in [-0.3, -0.25) is 9.69 Å². The number of benzene rings is 1. The van der Waals surface area contributed by atoms with E-state index in [-0.39, 0.29) is 13.1 Å². The topological polar surface area (TPSA) is 49.6 Å². The van der Waals surface area contributed by atoms with Crippen molar-refractivity contribution in [2.75, 3.05) is 37.3 Å². The van der Waals surface area contributed by atoms with E-state index in [1.54, 1.807) is 31.2 Å². The number of rotatable bonds is 5. The fourth-order valence-electron chi connectivity index (χ4n) is 1.67. The van der Waals surface area contributed by atoms with Gasteiger partial charge in [0.25, 0.3) is 0 Å². The first-order valence-electron chi connectivity index (χ1n) is 6.14. The number of amides is 1. The molecule has 7 heteroatoms. The zero-order chi connectivity index (χ0) is 15.3. The first-order valence-corrected chi connectivity index (χ1v) is 6.14. The zero-order valence-corrected chi connectivity index (χ0v) is 11.4. The van der Waals surface area contributed by atoms with E-state index in [4.69, 9.17) is 5.73 Å². The summed E-state index contributed by atoms with van der Waals surface area (Å²) in [6.07, 6.45) is -4.31. The highest BCUT2D eigenvalue weighted by Gasteiger charge is 2.31. The molecule has 2 N–H and O–H groups in total. The summed E-state index contributed by atoms with van der Waals surface area (Å²) in [5.74, 6) is -0.402. The lowest BCUT2D eigenvalue weighted by molar-refractivity contribution is -0.147. The minimum atomic E-state index is -4.31. The Balaban J connectivity index is 2.67. The van der Waals surface area contributed by atoms with Crippen molar-refractivity contribution in [3.63, 3.8) is 0 Å². The van der Waals surface area contributed by atoms with E-state index in [0.717, 1.165) is 4.90 Å². The van der Waals surface area contributed by atoms with Crippen molar-refractivity contribution >= 4 is 17.3 Å². The molecule has 20 heavy (non-hydrogen) atoms. The Bertz CT molecular complexity index is 445. The second-order valence-corrected chi connectivity index (χ2v) is 4.46. The lowest BCUT2D eigenvalue weighted by atomic mass is 10.2. The van der Waals surface area contributed by atoms with Crippen LogP contribution < -0.4 is 10.6 Å². The Labute approximate surface area is 116 Å². The first kappa shape index (κ1) is 16.3. The van der Waals surface area contributed by atoms with E-state index in [2.05, 4.69) is 0 Å². The third-order valence-corrected chi connectivity index (χ3v) is 2.86. The van der Waals surface area contributed by atoms with Crippen LogP contribution >= 0.6 is 0 Å². The van der Waals surface area contributed by atoms with Gasteiger partial charge in [0.15, 0.2) is 0 Å².